The van der Waals surface area contributed by atoms with Gasteiger partial charge in [0.2, 0.25) is 0 Å². The van der Waals surface area contributed by atoms with E-state index in [0.717, 1.165) is 18.7 Å². The molecule has 2 rings (SSSR count). The first kappa shape index (κ1) is 14.4. The molecular formula is C15H21FN2S. The van der Waals surface area contributed by atoms with E-state index in [9.17, 15) is 4.39 Å². The molecule has 0 aliphatic carbocycles. The summed E-state index contributed by atoms with van der Waals surface area (Å²) in [5, 5.41) is 0. The standard InChI is InChI=1S/C15H21FN2S/c1-15(2)6-3-7-18(10-15)9-12-5-4-11(14(17)19)8-13(12)16/h4-5,8H,3,6-7,9-10H2,1-2H3,(H2,17,19). The van der Waals surface area contributed by atoms with E-state index in [4.69, 9.17) is 18.0 Å². The van der Waals surface area contributed by atoms with Crippen molar-refractivity contribution in [2.75, 3.05) is 13.1 Å². The molecule has 2 nitrogen and oxygen atoms in total. The van der Waals surface area contributed by atoms with E-state index < -0.39 is 0 Å². The van der Waals surface area contributed by atoms with Crippen LogP contribution in [0.1, 0.15) is 37.8 Å². The molecule has 0 radical (unpaired) electrons. The normalized spacial score (nSPS) is 19.3. The van der Waals surface area contributed by atoms with Crippen LogP contribution in [0.15, 0.2) is 18.2 Å². The van der Waals surface area contributed by atoms with Gasteiger partial charge in [-0.1, -0.05) is 38.2 Å². The summed E-state index contributed by atoms with van der Waals surface area (Å²) >= 11 is 4.86. The van der Waals surface area contributed by atoms with Gasteiger partial charge >= 0.3 is 0 Å². The minimum Gasteiger partial charge on any atom is -0.389 e. The average molecular weight is 280 g/mol. The number of piperidine rings is 1. The number of likely N-dealkylation sites (tertiary alicyclic amines) is 1. The number of halogens is 1. The number of benzene rings is 1. The van der Waals surface area contributed by atoms with Gasteiger partial charge in [-0.3, -0.25) is 4.90 Å². The fourth-order valence-electron chi connectivity index (χ4n) is 2.75. The smallest absolute Gasteiger partial charge is 0.128 e. The van der Waals surface area contributed by atoms with Crippen molar-refractivity contribution in [1.82, 2.24) is 4.90 Å². The van der Waals surface area contributed by atoms with Gasteiger partial charge in [0.25, 0.3) is 0 Å². The molecule has 1 aromatic carbocycles. The predicted molar refractivity (Wildman–Crippen MR) is 80.6 cm³/mol. The Bertz CT molecular complexity index is 485. The molecule has 2 N–H and O–H groups in total. The minimum absolute atomic E-state index is 0.214. The summed E-state index contributed by atoms with van der Waals surface area (Å²) in [6.07, 6.45) is 2.42. The van der Waals surface area contributed by atoms with E-state index >= 15 is 0 Å². The van der Waals surface area contributed by atoms with Crippen molar-refractivity contribution < 1.29 is 4.39 Å². The number of thiocarbonyl (C=S) groups is 1. The highest BCUT2D eigenvalue weighted by molar-refractivity contribution is 7.80. The summed E-state index contributed by atoms with van der Waals surface area (Å²) in [4.78, 5) is 2.56. The van der Waals surface area contributed by atoms with Crippen molar-refractivity contribution in [3.63, 3.8) is 0 Å². The van der Waals surface area contributed by atoms with E-state index in [1.165, 1.54) is 18.9 Å². The quantitative estimate of drug-likeness (QED) is 0.863. The van der Waals surface area contributed by atoms with Gasteiger partial charge in [0.1, 0.15) is 10.8 Å². The van der Waals surface area contributed by atoms with E-state index in [1.54, 1.807) is 12.1 Å². The van der Waals surface area contributed by atoms with E-state index in [0.29, 0.717) is 17.5 Å². The Balaban J connectivity index is 2.09. The van der Waals surface area contributed by atoms with Gasteiger partial charge in [0.05, 0.1) is 0 Å². The van der Waals surface area contributed by atoms with Crippen molar-refractivity contribution in [3.8, 4) is 0 Å². The Morgan fingerprint density at radius 1 is 1.47 bits per heavy atom. The molecule has 0 saturated carbocycles. The maximum atomic E-state index is 14.0. The molecule has 0 unspecified atom stereocenters. The summed E-state index contributed by atoms with van der Waals surface area (Å²) in [5.41, 5.74) is 7.15. The predicted octanol–water partition coefficient (Wildman–Crippen LogP) is 3.08. The van der Waals surface area contributed by atoms with E-state index in [1.807, 2.05) is 0 Å². The van der Waals surface area contributed by atoms with E-state index in [2.05, 4.69) is 18.7 Å². The van der Waals surface area contributed by atoms with E-state index in [-0.39, 0.29) is 10.8 Å². The fraction of sp³-hybridized carbons (Fsp3) is 0.533. The first-order valence-electron chi connectivity index (χ1n) is 6.68. The number of nitrogens with zero attached hydrogens (tertiary/aromatic N) is 1. The number of hydrogen-bond donors (Lipinski definition) is 1. The van der Waals surface area contributed by atoms with Gasteiger partial charge in [-0.2, -0.15) is 0 Å². The molecular weight excluding hydrogens is 259 g/mol. The lowest BCUT2D eigenvalue weighted by molar-refractivity contribution is 0.110. The van der Waals surface area contributed by atoms with Crippen molar-refractivity contribution in [3.05, 3.63) is 35.1 Å². The average Bonchev–Trinajstić information content (AvgIpc) is 2.30. The number of rotatable bonds is 3. The molecule has 1 heterocycles. The highest BCUT2D eigenvalue weighted by Crippen LogP contribution is 2.29. The van der Waals surface area contributed by atoms with Crippen LogP contribution in [-0.2, 0) is 6.54 Å². The largest absolute Gasteiger partial charge is 0.389 e. The second-order valence-corrected chi connectivity index (χ2v) is 6.59. The lowest BCUT2D eigenvalue weighted by Crippen LogP contribution is -2.39. The van der Waals surface area contributed by atoms with Crippen LogP contribution in [0.2, 0.25) is 0 Å². The highest BCUT2D eigenvalue weighted by Gasteiger charge is 2.26. The van der Waals surface area contributed by atoms with Crippen LogP contribution >= 0.6 is 12.2 Å². The minimum atomic E-state index is -0.214. The van der Waals surface area contributed by atoms with Crippen LogP contribution in [-0.4, -0.2) is 23.0 Å². The fourth-order valence-corrected chi connectivity index (χ4v) is 2.88. The van der Waals surface area contributed by atoms with Crippen molar-refractivity contribution in [2.24, 2.45) is 11.1 Å². The Labute approximate surface area is 119 Å². The molecule has 0 atom stereocenters. The Morgan fingerprint density at radius 3 is 2.79 bits per heavy atom. The SMILES string of the molecule is CC1(C)CCCN(Cc2ccc(C(N)=S)cc2F)C1. The molecule has 19 heavy (non-hydrogen) atoms. The monoisotopic (exact) mass is 280 g/mol. The van der Waals surface area contributed by atoms with Crippen LogP contribution in [0.4, 0.5) is 4.39 Å². The molecule has 1 aliphatic rings. The Morgan fingerprint density at radius 2 is 2.21 bits per heavy atom. The van der Waals surface area contributed by atoms with Crippen LogP contribution in [0, 0.1) is 11.2 Å². The molecule has 1 aromatic rings. The second-order valence-electron chi connectivity index (χ2n) is 6.15. The van der Waals surface area contributed by atoms with Crippen molar-refractivity contribution in [1.29, 1.82) is 0 Å². The maximum absolute atomic E-state index is 14.0. The number of hydrogen-bond acceptors (Lipinski definition) is 2. The van der Waals surface area contributed by atoms with Gasteiger partial charge in [0.15, 0.2) is 0 Å². The van der Waals surface area contributed by atoms with Gasteiger partial charge < -0.3 is 5.73 Å². The third-order valence-electron chi connectivity index (χ3n) is 3.71. The molecule has 0 aromatic heterocycles. The zero-order chi connectivity index (χ0) is 14.0. The summed E-state index contributed by atoms with van der Waals surface area (Å²) in [6.45, 7) is 7.26. The van der Waals surface area contributed by atoms with Gasteiger partial charge in [0, 0.05) is 24.2 Å². The molecule has 1 saturated heterocycles. The molecule has 0 amide bonds. The summed E-state index contributed by atoms with van der Waals surface area (Å²) in [5.74, 6) is -0.214. The molecule has 1 fully saturated rings. The van der Waals surface area contributed by atoms with Gasteiger partial charge in [-0.25, -0.2) is 4.39 Å². The van der Waals surface area contributed by atoms with Gasteiger partial charge in [-0.05, 0) is 30.9 Å². The Hall–Kier alpha value is -1.00. The molecule has 4 heteroatoms. The molecule has 1 aliphatic heterocycles. The second kappa shape index (κ2) is 5.55. The lowest BCUT2D eigenvalue weighted by Gasteiger charge is -2.38. The molecule has 0 spiro atoms. The third-order valence-corrected chi connectivity index (χ3v) is 3.95. The van der Waals surface area contributed by atoms with Crippen LogP contribution in [0.5, 0.6) is 0 Å². The summed E-state index contributed by atoms with van der Waals surface area (Å²) in [7, 11) is 0. The van der Waals surface area contributed by atoms with Crippen LogP contribution < -0.4 is 5.73 Å². The maximum Gasteiger partial charge on any atom is 0.128 e. The zero-order valence-electron chi connectivity index (χ0n) is 11.6. The number of nitrogens with two attached hydrogens (primary N) is 1. The lowest BCUT2D eigenvalue weighted by atomic mass is 9.84. The first-order chi connectivity index (χ1) is 8.87. The highest BCUT2D eigenvalue weighted by atomic mass is 32.1. The summed E-state index contributed by atoms with van der Waals surface area (Å²) < 4.78 is 14.0. The zero-order valence-corrected chi connectivity index (χ0v) is 12.4. The molecule has 0 bridgehead atoms. The first-order valence-corrected chi connectivity index (χ1v) is 7.09. The summed E-state index contributed by atoms with van der Waals surface area (Å²) in [6, 6.07) is 5.04. The Kier molecular flexibility index (Phi) is 4.21. The van der Waals surface area contributed by atoms with Crippen molar-refractivity contribution >= 4 is 17.2 Å². The topological polar surface area (TPSA) is 29.3 Å². The van der Waals surface area contributed by atoms with Crippen molar-refractivity contribution in [2.45, 2.75) is 33.2 Å². The van der Waals surface area contributed by atoms with Gasteiger partial charge in [-0.15, -0.1) is 0 Å². The van der Waals surface area contributed by atoms with Crippen LogP contribution in [0.3, 0.4) is 0 Å². The third kappa shape index (κ3) is 3.74. The molecule has 104 valence electrons. The van der Waals surface area contributed by atoms with Crippen LogP contribution in [0.25, 0.3) is 0 Å².